The molecule has 0 unspecified atom stereocenters. The number of esters is 2. The molecule has 4 nitrogen and oxygen atoms in total. The molecule has 0 aromatic rings. The van der Waals surface area contributed by atoms with Crippen LogP contribution in [0, 0.1) is 34.0 Å². The van der Waals surface area contributed by atoms with E-state index in [2.05, 4.69) is 13.5 Å². The molecular weight excluding hydrogens is 304 g/mol. The highest BCUT2D eigenvalue weighted by Gasteiger charge is 2.68. The van der Waals surface area contributed by atoms with Crippen LogP contribution in [0.4, 0.5) is 0 Å². The summed E-state index contributed by atoms with van der Waals surface area (Å²) in [5.41, 5.74) is -0.288. The third-order valence-corrected chi connectivity index (χ3v) is 7.89. The average molecular weight is 330 g/mol. The summed E-state index contributed by atoms with van der Waals surface area (Å²) >= 11 is 0. The Kier molecular flexibility index (Phi) is 3.21. The predicted molar refractivity (Wildman–Crippen MR) is 87.7 cm³/mol. The van der Waals surface area contributed by atoms with Gasteiger partial charge in [-0.1, -0.05) is 25.5 Å². The van der Waals surface area contributed by atoms with Crippen molar-refractivity contribution in [3.05, 3.63) is 12.2 Å². The maximum absolute atomic E-state index is 12.6. The van der Waals surface area contributed by atoms with E-state index in [1.807, 2.05) is 6.92 Å². The third-order valence-electron chi connectivity index (χ3n) is 7.89. The first kappa shape index (κ1) is 16.0. The fourth-order valence-corrected chi connectivity index (χ4v) is 6.87. The van der Waals surface area contributed by atoms with Crippen LogP contribution >= 0.6 is 0 Å². The maximum atomic E-state index is 12.6. The molecule has 2 bridgehead atoms. The van der Waals surface area contributed by atoms with Gasteiger partial charge in [-0.3, -0.25) is 9.59 Å². The largest absolute Gasteiger partial charge is 0.392 e. The van der Waals surface area contributed by atoms with Gasteiger partial charge in [0.2, 0.25) is 0 Å². The SMILES string of the molecule is C=C1C[C@]2(C=O)C[C@H]1CC[C@@H]2[C@@]1(C)CCC[C@@]2(C)C(=O)OC(=O)[C@@H]12. The van der Waals surface area contributed by atoms with Crippen molar-refractivity contribution in [2.24, 2.45) is 34.0 Å². The molecule has 0 N–H and O–H groups in total. The lowest BCUT2D eigenvalue weighted by atomic mass is 9.46. The Balaban J connectivity index is 1.79. The summed E-state index contributed by atoms with van der Waals surface area (Å²) in [5, 5.41) is 0. The first-order valence-corrected chi connectivity index (χ1v) is 9.17. The molecule has 3 aliphatic carbocycles. The topological polar surface area (TPSA) is 60.4 Å². The summed E-state index contributed by atoms with van der Waals surface area (Å²) in [6, 6.07) is 0. The Morgan fingerprint density at radius 2 is 1.96 bits per heavy atom. The standard InChI is InChI=1S/C20H26O4/c1-12-9-20(11-21)10-13(12)5-6-14(20)18(2)7-4-8-19(3)15(18)16(22)24-17(19)23/h11,13-15H,1,4-10H2,2-3H3/t13-,14-,15+,18-,19-,20-/m1/s1. The van der Waals surface area contributed by atoms with E-state index in [0.29, 0.717) is 12.3 Å². The second-order valence-corrected chi connectivity index (χ2v) is 9.14. The van der Waals surface area contributed by atoms with Crippen molar-refractivity contribution >= 4 is 18.2 Å². The number of cyclic esters (lactones) is 2. The van der Waals surface area contributed by atoms with Crippen molar-refractivity contribution in [1.29, 1.82) is 0 Å². The van der Waals surface area contributed by atoms with Crippen LogP contribution in [0.15, 0.2) is 12.2 Å². The second kappa shape index (κ2) is 4.80. The van der Waals surface area contributed by atoms with Gasteiger partial charge in [-0.05, 0) is 62.7 Å². The van der Waals surface area contributed by atoms with Gasteiger partial charge < -0.3 is 9.53 Å². The molecule has 0 aromatic carbocycles. The molecule has 1 saturated heterocycles. The Morgan fingerprint density at radius 3 is 2.67 bits per heavy atom. The fourth-order valence-electron chi connectivity index (χ4n) is 6.87. The summed E-state index contributed by atoms with van der Waals surface area (Å²) in [7, 11) is 0. The second-order valence-electron chi connectivity index (χ2n) is 9.14. The minimum atomic E-state index is -0.722. The van der Waals surface area contributed by atoms with Gasteiger partial charge >= 0.3 is 11.9 Å². The van der Waals surface area contributed by atoms with Crippen LogP contribution in [0.1, 0.15) is 58.8 Å². The number of rotatable bonds is 2. The van der Waals surface area contributed by atoms with Crippen LogP contribution < -0.4 is 0 Å². The highest BCUT2D eigenvalue weighted by atomic mass is 16.6. The number of aldehydes is 1. The lowest BCUT2D eigenvalue weighted by Crippen LogP contribution is -2.54. The molecule has 0 amide bonds. The van der Waals surface area contributed by atoms with Crippen LogP contribution in [-0.4, -0.2) is 18.2 Å². The summed E-state index contributed by atoms with van der Waals surface area (Å²) in [6.45, 7) is 8.21. The molecule has 4 rings (SSSR count). The molecule has 4 fully saturated rings. The van der Waals surface area contributed by atoms with E-state index in [1.54, 1.807) is 0 Å². The third kappa shape index (κ3) is 1.77. The Bertz CT molecular complexity index is 652. The van der Waals surface area contributed by atoms with Crippen LogP contribution in [0.3, 0.4) is 0 Å². The number of carbonyl (C=O) groups excluding carboxylic acids is 3. The van der Waals surface area contributed by atoms with E-state index in [4.69, 9.17) is 4.74 Å². The maximum Gasteiger partial charge on any atom is 0.320 e. The van der Waals surface area contributed by atoms with E-state index in [9.17, 15) is 14.4 Å². The van der Waals surface area contributed by atoms with Crippen LogP contribution in [0.5, 0.6) is 0 Å². The lowest BCUT2D eigenvalue weighted by molar-refractivity contribution is -0.156. The van der Waals surface area contributed by atoms with Gasteiger partial charge in [-0.25, -0.2) is 0 Å². The van der Waals surface area contributed by atoms with E-state index >= 15 is 0 Å². The minimum absolute atomic E-state index is 0.126. The zero-order valence-corrected chi connectivity index (χ0v) is 14.6. The van der Waals surface area contributed by atoms with Crippen molar-refractivity contribution in [2.45, 2.75) is 58.8 Å². The first-order chi connectivity index (χ1) is 11.3. The van der Waals surface area contributed by atoms with Gasteiger partial charge in [0.25, 0.3) is 0 Å². The van der Waals surface area contributed by atoms with E-state index in [1.165, 1.54) is 5.57 Å². The zero-order chi connectivity index (χ0) is 17.3. The Hall–Kier alpha value is -1.45. The molecule has 3 saturated carbocycles. The summed E-state index contributed by atoms with van der Waals surface area (Å²) in [5.74, 6) is -0.584. The number of hydrogen-bond donors (Lipinski definition) is 0. The number of allylic oxidation sites excluding steroid dienone is 1. The smallest absolute Gasteiger partial charge is 0.320 e. The van der Waals surface area contributed by atoms with Crippen molar-refractivity contribution in [3.8, 4) is 0 Å². The molecule has 1 heterocycles. The van der Waals surface area contributed by atoms with Crippen LogP contribution in [0.25, 0.3) is 0 Å². The van der Waals surface area contributed by atoms with Gasteiger partial charge in [0.1, 0.15) is 6.29 Å². The van der Waals surface area contributed by atoms with Gasteiger partial charge in [0.15, 0.2) is 0 Å². The molecule has 1 aliphatic heterocycles. The van der Waals surface area contributed by atoms with Crippen molar-refractivity contribution in [1.82, 2.24) is 0 Å². The Labute approximate surface area is 143 Å². The van der Waals surface area contributed by atoms with Gasteiger partial charge in [0, 0.05) is 5.41 Å². The van der Waals surface area contributed by atoms with E-state index < -0.39 is 16.7 Å². The normalized spacial score (nSPS) is 50.6. The van der Waals surface area contributed by atoms with Gasteiger partial charge in [-0.2, -0.15) is 0 Å². The van der Waals surface area contributed by atoms with Gasteiger partial charge in [-0.15, -0.1) is 0 Å². The Morgan fingerprint density at radius 1 is 1.21 bits per heavy atom. The number of fused-ring (bicyclic) bond motifs is 3. The molecule has 24 heavy (non-hydrogen) atoms. The molecule has 0 spiro atoms. The summed E-state index contributed by atoms with van der Waals surface area (Å²) in [6.07, 6.45) is 7.22. The lowest BCUT2D eigenvalue weighted by Gasteiger charge is -2.54. The molecule has 130 valence electrons. The molecular formula is C20H26O4. The monoisotopic (exact) mass is 330 g/mol. The molecule has 0 aromatic heterocycles. The number of hydrogen-bond acceptors (Lipinski definition) is 4. The van der Waals surface area contributed by atoms with E-state index in [0.717, 1.165) is 44.8 Å². The molecule has 4 heteroatoms. The number of carbonyl (C=O) groups is 3. The number of ether oxygens (including phenoxy) is 1. The molecule has 0 radical (unpaired) electrons. The van der Waals surface area contributed by atoms with Crippen molar-refractivity contribution in [2.75, 3.05) is 0 Å². The summed E-state index contributed by atoms with van der Waals surface area (Å²) < 4.78 is 5.08. The van der Waals surface area contributed by atoms with Crippen LogP contribution in [-0.2, 0) is 19.1 Å². The van der Waals surface area contributed by atoms with Gasteiger partial charge in [0.05, 0.1) is 11.3 Å². The van der Waals surface area contributed by atoms with Crippen molar-refractivity contribution in [3.63, 3.8) is 0 Å². The van der Waals surface area contributed by atoms with E-state index in [-0.39, 0.29) is 23.3 Å². The predicted octanol–water partition coefficient (Wildman–Crippen LogP) is 3.44. The quantitative estimate of drug-likeness (QED) is 0.337. The zero-order valence-electron chi connectivity index (χ0n) is 14.6. The van der Waals surface area contributed by atoms with Crippen LogP contribution in [0.2, 0.25) is 0 Å². The highest BCUT2D eigenvalue weighted by molar-refractivity contribution is 5.99. The fraction of sp³-hybridized carbons (Fsp3) is 0.750. The minimum Gasteiger partial charge on any atom is -0.392 e. The average Bonchev–Trinajstić information content (AvgIpc) is 2.91. The summed E-state index contributed by atoms with van der Waals surface area (Å²) in [4.78, 5) is 37.1. The highest BCUT2D eigenvalue weighted by Crippen LogP contribution is 2.67. The molecule has 4 aliphatic rings. The first-order valence-electron chi connectivity index (χ1n) is 9.17. The molecule has 6 atom stereocenters. The van der Waals surface area contributed by atoms with Crippen molar-refractivity contribution < 1.29 is 19.1 Å².